The van der Waals surface area contributed by atoms with Crippen molar-refractivity contribution in [2.75, 3.05) is 19.7 Å². The van der Waals surface area contributed by atoms with E-state index in [0.29, 0.717) is 13.2 Å². The fraction of sp³-hybridized carbons (Fsp3) is 0.500. The minimum atomic E-state index is -0.122. The van der Waals surface area contributed by atoms with Crippen molar-refractivity contribution in [3.8, 4) is 5.75 Å². The van der Waals surface area contributed by atoms with Gasteiger partial charge in [0, 0.05) is 6.54 Å². The number of nitrogens with one attached hydrogen (secondary N) is 2. The molecule has 0 bridgehead atoms. The molecule has 0 saturated heterocycles. The van der Waals surface area contributed by atoms with Crippen LogP contribution in [-0.4, -0.2) is 25.7 Å². The molecule has 100 valence electrons. The smallest absolute Gasteiger partial charge is 0.314 e. The van der Waals surface area contributed by atoms with E-state index in [9.17, 15) is 4.79 Å². The first-order chi connectivity index (χ1) is 8.83. The fourth-order valence-electron chi connectivity index (χ4n) is 1.49. The number of unbranched alkanes of at least 4 members (excludes halogenated alkanes) is 2. The van der Waals surface area contributed by atoms with E-state index in [1.165, 1.54) is 0 Å². The van der Waals surface area contributed by atoms with Crippen LogP contribution in [0.5, 0.6) is 5.75 Å². The molecule has 0 unspecified atom stereocenters. The molecule has 0 atom stereocenters. The largest absolute Gasteiger partial charge is 0.492 e. The van der Waals surface area contributed by atoms with Crippen LogP contribution >= 0.6 is 0 Å². The first kappa shape index (κ1) is 14.4. The number of para-hydroxylation sites is 1. The van der Waals surface area contributed by atoms with Gasteiger partial charge >= 0.3 is 6.03 Å². The van der Waals surface area contributed by atoms with Gasteiger partial charge in [-0.15, -0.1) is 0 Å². The Hall–Kier alpha value is -1.71. The summed E-state index contributed by atoms with van der Waals surface area (Å²) in [6, 6.07) is 9.44. The van der Waals surface area contributed by atoms with E-state index in [2.05, 4.69) is 17.6 Å². The molecule has 0 fully saturated rings. The van der Waals surface area contributed by atoms with Crippen molar-refractivity contribution in [2.24, 2.45) is 0 Å². The molecular formula is C14H22N2O2. The Bertz CT molecular complexity index is 328. The molecule has 0 aliphatic carbocycles. The lowest BCUT2D eigenvalue weighted by atomic mass is 10.2. The van der Waals surface area contributed by atoms with Gasteiger partial charge in [0.05, 0.1) is 6.54 Å². The zero-order valence-electron chi connectivity index (χ0n) is 10.9. The number of ether oxygens (including phenoxy) is 1. The zero-order valence-corrected chi connectivity index (χ0v) is 10.9. The lowest BCUT2D eigenvalue weighted by molar-refractivity contribution is 0.236. The SMILES string of the molecule is CCCCCNC(=O)NCCOc1ccccc1. The molecule has 0 aromatic heterocycles. The van der Waals surface area contributed by atoms with Gasteiger partial charge in [0.15, 0.2) is 0 Å². The molecule has 4 nitrogen and oxygen atoms in total. The third-order valence-corrected chi connectivity index (χ3v) is 2.47. The molecule has 1 rings (SSSR count). The summed E-state index contributed by atoms with van der Waals surface area (Å²) in [6.07, 6.45) is 3.34. The maximum atomic E-state index is 11.3. The van der Waals surface area contributed by atoms with Crippen molar-refractivity contribution in [1.29, 1.82) is 0 Å². The van der Waals surface area contributed by atoms with Crippen LogP contribution in [0.4, 0.5) is 4.79 Å². The summed E-state index contributed by atoms with van der Waals surface area (Å²) in [5.74, 6) is 0.822. The van der Waals surface area contributed by atoms with Crippen LogP contribution < -0.4 is 15.4 Å². The molecule has 0 spiro atoms. The van der Waals surface area contributed by atoms with E-state index in [1.807, 2.05) is 30.3 Å². The number of carbonyl (C=O) groups is 1. The number of urea groups is 1. The average molecular weight is 250 g/mol. The molecule has 0 saturated carbocycles. The van der Waals surface area contributed by atoms with E-state index >= 15 is 0 Å². The van der Waals surface area contributed by atoms with Gasteiger partial charge in [0.1, 0.15) is 12.4 Å². The van der Waals surface area contributed by atoms with Crippen LogP contribution in [-0.2, 0) is 0 Å². The molecule has 1 aromatic carbocycles. The van der Waals surface area contributed by atoms with Crippen LogP contribution in [0, 0.1) is 0 Å². The summed E-state index contributed by atoms with van der Waals surface area (Å²) in [6.45, 7) is 3.86. The van der Waals surface area contributed by atoms with Crippen LogP contribution in [0.15, 0.2) is 30.3 Å². The summed E-state index contributed by atoms with van der Waals surface area (Å²) in [4.78, 5) is 11.3. The van der Waals surface area contributed by atoms with Gasteiger partial charge in [-0.1, -0.05) is 38.0 Å². The van der Waals surface area contributed by atoms with Crippen molar-refractivity contribution in [3.63, 3.8) is 0 Å². The lowest BCUT2D eigenvalue weighted by Gasteiger charge is -2.08. The van der Waals surface area contributed by atoms with E-state index in [-0.39, 0.29) is 6.03 Å². The summed E-state index contributed by atoms with van der Waals surface area (Å²) >= 11 is 0. The van der Waals surface area contributed by atoms with Crippen LogP contribution in [0.2, 0.25) is 0 Å². The number of hydrogen-bond acceptors (Lipinski definition) is 2. The first-order valence-electron chi connectivity index (χ1n) is 6.52. The molecule has 2 N–H and O–H groups in total. The first-order valence-corrected chi connectivity index (χ1v) is 6.52. The molecule has 0 heterocycles. The van der Waals surface area contributed by atoms with Crippen molar-refractivity contribution < 1.29 is 9.53 Å². The maximum absolute atomic E-state index is 11.3. The van der Waals surface area contributed by atoms with Gasteiger partial charge in [0.2, 0.25) is 0 Å². The highest BCUT2D eigenvalue weighted by molar-refractivity contribution is 5.73. The number of carbonyl (C=O) groups excluding carboxylic acids is 1. The van der Waals surface area contributed by atoms with Gasteiger partial charge in [-0.05, 0) is 18.6 Å². The normalized spacial score (nSPS) is 9.83. The average Bonchev–Trinajstić information content (AvgIpc) is 2.41. The third-order valence-electron chi connectivity index (χ3n) is 2.47. The Morgan fingerprint density at radius 2 is 1.83 bits per heavy atom. The van der Waals surface area contributed by atoms with Crippen molar-refractivity contribution in [3.05, 3.63) is 30.3 Å². The van der Waals surface area contributed by atoms with E-state index in [4.69, 9.17) is 4.74 Å². The molecule has 4 heteroatoms. The second-order valence-electron chi connectivity index (χ2n) is 4.05. The molecular weight excluding hydrogens is 228 g/mol. The van der Waals surface area contributed by atoms with Gasteiger partial charge in [-0.25, -0.2) is 4.79 Å². The summed E-state index contributed by atoms with van der Waals surface area (Å²) < 4.78 is 5.46. The Balaban J connectivity index is 1.99. The molecule has 0 aliphatic rings. The highest BCUT2D eigenvalue weighted by atomic mass is 16.5. The Labute approximate surface area is 109 Å². The Morgan fingerprint density at radius 1 is 1.11 bits per heavy atom. The predicted octanol–water partition coefficient (Wildman–Crippen LogP) is 2.55. The second kappa shape index (κ2) is 9.33. The number of benzene rings is 1. The van der Waals surface area contributed by atoms with E-state index in [0.717, 1.165) is 31.6 Å². The summed E-state index contributed by atoms with van der Waals surface area (Å²) in [5, 5.41) is 5.57. The van der Waals surface area contributed by atoms with Gasteiger partial charge < -0.3 is 15.4 Å². The number of hydrogen-bond donors (Lipinski definition) is 2. The molecule has 1 aromatic rings. The fourth-order valence-corrected chi connectivity index (χ4v) is 1.49. The monoisotopic (exact) mass is 250 g/mol. The highest BCUT2D eigenvalue weighted by Crippen LogP contribution is 2.07. The van der Waals surface area contributed by atoms with Gasteiger partial charge in [-0.3, -0.25) is 0 Å². The molecule has 18 heavy (non-hydrogen) atoms. The van der Waals surface area contributed by atoms with Crippen molar-refractivity contribution in [1.82, 2.24) is 10.6 Å². The number of amides is 2. The van der Waals surface area contributed by atoms with E-state index < -0.39 is 0 Å². The minimum absolute atomic E-state index is 0.122. The van der Waals surface area contributed by atoms with Crippen LogP contribution in [0.25, 0.3) is 0 Å². The molecule has 0 aliphatic heterocycles. The summed E-state index contributed by atoms with van der Waals surface area (Å²) in [7, 11) is 0. The van der Waals surface area contributed by atoms with Gasteiger partial charge in [0.25, 0.3) is 0 Å². The van der Waals surface area contributed by atoms with Crippen molar-refractivity contribution >= 4 is 6.03 Å². The van der Waals surface area contributed by atoms with Crippen LogP contribution in [0.1, 0.15) is 26.2 Å². The minimum Gasteiger partial charge on any atom is -0.492 e. The Kier molecular flexibility index (Phi) is 7.44. The second-order valence-corrected chi connectivity index (χ2v) is 4.05. The predicted molar refractivity (Wildman–Crippen MR) is 72.9 cm³/mol. The molecule has 2 amide bonds. The zero-order chi connectivity index (χ0) is 13.1. The van der Waals surface area contributed by atoms with E-state index in [1.54, 1.807) is 0 Å². The lowest BCUT2D eigenvalue weighted by Crippen LogP contribution is -2.38. The van der Waals surface area contributed by atoms with Crippen LogP contribution in [0.3, 0.4) is 0 Å². The topological polar surface area (TPSA) is 50.4 Å². The van der Waals surface area contributed by atoms with Gasteiger partial charge in [-0.2, -0.15) is 0 Å². The highest BCUT2D eigenvalue weighted by Gasteiger charge is 1.98. The third kappa shape index (κ3) is 6.78. The molecule has 0 radical (unpaired) electrons. The summed E-state index contributed by atoms with van der Waals surface area (Å²) in [5.41, 5.74) is 0. The maximum Gasteiger partial charge on any atom is 0.314 e. The quantitative estimate of drug-likeness (QED) is 0.697. The standard InChI is InChI=1S/C14H22N2O2/c1-2-3-7-10-15-14(17)16-11-12-18-13-8-5-4-6-9-13/h4-6,8-9H,2-3,7,10-12H2,1H3,(H2,15,16,17). The van der Waals surface area contributed by atoms with Crippen molar-refractivity contribution in [2.45, 2.75) is 26.2 Å². The number of rotatable bonds is 8. The Morgan fingerprint density at radius 3 is 2.56 bits per heavy atom.